The van der Waals surface area contributed by atoms with E-state index in [1.807, 2.05) is 6.21 Å². The normalized spacial score (nSPS) is 19.9. The van der Waals surface area contributed by atoms with Gasteiger partial charge < -0.3 is 4.90 Å². The lowest BCUT2D eigenvalue weighted by Crippen LogP contribution is -2.29. The van der Waals surface area contributed by atoms with Crippen LogP contribution in [0, 0.1) is 22.7 Å². The first-order valence-corrected chi connectivity index (χ1v) is 11.7. The minimum absolute atomic E-state index is 0.314. The Hall–Kier alpha value is -2.12. The molecule has 1 aromatic heterocycles. The van der Waals surface area contributed by atoms with Gasteiger partial charge in [0.05, 0.1) is 5.56 Å². The van der Waals surface area contributed by atoms with Crippen LogP contribution < -0.4 is 4.90 Å². The molecule has 1 saturated heterocycles. The lowest BCUT2D eigenvalue weighted by Gasteiger charge is -2.33. The summed E-state index contributed by atoms with van der Waals surface area (Å²) < 4.78 is 0. The number of piperidine rings is 1. The van der Waals surface area contributed by atoms with Crippen molar-refractivity contribution < 1.29 is 0 Å². The summed E-state index contributed by atoms with van der Waals surface area (Å²) in [5, 5.41) is 10.6. The third-order valence-corrected chi connectivity index (χ3v) is 7.69. The van der Waals surface area contributed by atoms with Crippen molar-refractivity contribution >= 4 is 28.2 Å². The van der Waals surface area contributed by atoms with Gasteiger partial charge in [-0.3, -0.25) is 0 Å². The molecular weight excluding hydrogens is 374 g/mol. The highest BCUT2D eigenvalue weighted by atomic mass is 32.1. The van der Waals surface area contributed by atoms with Crippen molar-refractivity contribution in [2.45, 2.75) is 59.3 Å². The van der Waals surface area contributed by atoms with Gasteiger partial charge >= 0.3 is 0 Å². The predicted octanol–water partition coefficient (Wildman–Crippen LogP) is 6.51. The number of hydrogen-bond donors (Lipinski definition) is 0. The highest BCUT2D eigenvalue weighted by Crippen LogP contribution is 2.44. The fraction of sp³-hybridized carbons (Fsp3) is 0.520. The van der Waals surface area contributed by atoms with Crippen LogP contribution in [-0.2, 0) is 12.8 Å². The molecule has 1 aromatic carbocycles. The minimum Gasteiger partial charge on any atom is -0.372 e. The number of aliphatic imine (C=N–C) groups is 1. The van der Waals surface area contributed by atoms with Gasteiger partial charge in [-0.2, -0.15) is 5.26 Å². The zero-order valence-electron chi connectivity index (χ0n) is 17.9. The third-order valence-electron chi connectivity index (χ3n) is 6.53. The average molecular weight is 406 g/mol. The lowest BCUT2D eigenvalue weighted by atomic mass is 9.72. The van der Waals surface area contributed by atoms with E-state index in [9.17, 15) is 5.26 Å². The van der Waals surface area contributed by atoms with E-state index in [1.165, 1.54) is 41.8 Å². The standard InChI is InChI=1S/C25H31N3S/c1-25(2,3)19-9-12-21-22(16-26)24(29-23(21)15-19)27-17-18-7-10-20(11-8-18)28-13-5-4-6-14-28/h7-8,10-11,17,19H,4-6,9,12-15H2,1-3H3/t19-/m0/s1. The van der Waals surface area contributed by atoms with Gasteiger partial charge in [0.25, 0.3) is 0 Å². The van der Waals surface area contributed by atoms with Crippen LogP contribution in [0.5, 0.6) is 0 Å². The Balaban J connectivity index is 1.51. The molecule has 2 aromatic rings. The molecule has 4 rings (SSSR count). The Morgan fingerprint density at radius 2 is 1.86 bits per heavy atom. The van der Waals surface area contributed by atoms with E-state index in [4.69, 9.17) is 4.99 Å². The van der Waals surface area contributed by atoms with Crippen LogP contribution >= 0.6 is 11.3 Å². The molecule has 0 unspecified atom stereocenters. The summed E-state index contributed by atoms with van der Waals surface area (Å²) in [5.41, 5.74) is 4.77. The summed E-state index contributed by atoms with van der Waals surface area (Å²) >= 11 is 1.72. The van der Waals surface area contributed by atoms with Crippen LogP contribution in [0.3, 0.4) is 0 Å². The molecule has 0 radical (unpaired) electrons. The molecule has 2 aliphatic rings. The number of hydrogen-bond acceptors (Lipinski definition) is 4. The summed E-state index contributed by atoms with van der Waals surface area (Å²) in [6, 6.07) is 11.1. The van der Waals surface area contributed by atoms with Crippen molar-refractivity contribution in [1.29, 1.82) is 5.26 Å². The Labute approximate surface area is 179 Å². The van der Waals surface area contributed by atoms with E-state index in [0.29, 0.717) is 11.3 Å². The van der Waals surface area contributed by atoms with Crippen LogP contribution in [0.15, 0.2) is 29.3 Å². The van der Waals surface area contributed by atoms with Gasteiger partial charge in [0.2, 0.25) is 0 Å². The van der Waals surface area contributed by atoms with Gasteiger partial charge in [0.1, 0.15) is 11.1 Å². The number of nitriles is 1. The smallest absolute Gasteiger partial charge is 0.134 e. The predicted molar refractivity (Wildman–Crippen MR) is 124 cm³/mol. The molecule has 1 aliphatic carbocycles. The van der Waals surface area contributed by atoms with Crippen molar-refractivity contribution in [3.63, 3.8) is 0 Å². The Morgan fingerprint density at radius 1 is 1.14 bits per heavy atom. The fourth-order valence-electron chi connectivity index (χ4n) is 4.57. The first-order valence-electron chi connectivity index (χ1n) is 10.9. The van der Waals surface area contributed by atoms with Crippen molar-refractivity contribution in [2.75, 3.05) is 18.0 Å². The van der Waals surface area contributed by atoms with Crippen molar-refractivity contribution in [3.8, 4) is 6.07 Å². The van der Waals surface area contributed by atoms with Crippen LogP contribution in [0.2, 0.25) is 0 Å². The number of fused-ring (bicyclic) bond motifs is 1. The molecule has 0 amide bonds. The molecule has 152 valence electrons. The summed E-state index contributed by atoms with van der Waals surface area (Å²) in [7, 11) is 0. The molecule has 29 heavy (non-hydrogen) atoms. The second-order valence-electron chi connectivity index (χ2n) is 9.50. The molecule has 2 heterocycles. The van der Waals surface area contributed by atoms with E-state index >= 15 is 0 Å². The van der Waals surface area contributed by atoms with Crippen LogP contribution in [0.4, 0.5) is 10.7 Å². The summed E-state index contributed by atoms with van der Waals surface area (Å²) in [4.78, 5) is 8.58. The lowest BCUT2D eigenvalue weighted by molar-refractivity contribution is 0.218. The van der Waals surface area contributed by atoms with Crippen molar-refractivity contribution in [1.82, 2.24) is 0 Å². The van der Waals surface area contributed by atoms with Crippen molar-refractivity contribution in [3.05, 3.63) is 45.8 Å². The zero-order valence-corrected chi connectivity index (χ0v) is 18.7. The number of benzene rings is 1. The van der Waals surface area contributed by atoms with Gasteiger partial charge in [-0.1, -0.05) is 32.9 Å². The largest absolute Gasteiger partial charge is 0.372 e. The molecule has 0 bridgehead atoms. The van der Waals surface area contributed by atoms with Gasteiger partial charge in [-0.05, 0) is 73.1 Å². The molecule has 0 N–H and O–H groups in total. The fourth-order valence-corrected chi connectivity index (χ4v) is 5.79. The maximum Gasteiger partial charge on any atom is 0.134 e. The zero-order chi connectivity index (χ0) is 20.4. The van der Waals surface area contributed by atoms with E-state index in [1.54, 1.807) is 11.3 Å². The molecule has 1 fully saturated rings. The second-order valence-corrected chi connectivity index (χ2v) is 10.6. The quantitative estimate of drug-likeness (QED) is 0.546. The molecule has 4 heteroatoms. The summed E-state index contributed by atoms with van der Waals surface area (Å²) in [6.07, 6.45) is 9.11. The maximum atomic E-state index is 9.74. The Kier molecular flexibility index (Phi) is 5.79. The second kappa shape index (κ2) is 8.32. The summed E-state index contributed by atoms with van der Waals surface area (Å²) in [5.74, 6) is 0.680. The average Bonchev–Trinajstić information content (AvgIpc) is 3.09. The summed E-state index contributed by atoms with van der Waals surface area (Å²) in [6.45, 7) is 9.31. The first kappa shape index (κ1) is 20.2. The van der Waals surface area contributed by atoms with Crippen LogP contribution in [0.25, 0.3) is 0 Å². The van der Waals surface area contributed by atoms with Gasteiger partial charge in [0.15, 0.2) is 0 Å². The van der Waals surface area contributed by atoms with E-state index in [2.05, 4.69) is 56.0 Å². The third kappa shape index (κ3) is 4.41. The molecule has 1 atom stereocenters. The molecule has 0 saturated carbocycles. The maximum absolute atomic E-state index is 9.74. The minimum atomic E-state index is 0.314. The number of thiophene rings is 1. The molecule has 1 aliphatic heterocycles. The topological polar surface area (TPSA) is 39.4 Å². The highest BCUT2D eigenvalue weighted by Gasteiger charge is 2.32. The van der Waals surface area contributed by atoms with Crippen LogP contribution in [-0.4, -0.2) is 19.3 Å². The number of rotatable bonds is 3. The van der Waals surface area contributed by atoms with E-state index in [0.717, 1.165) is 42.1 Å². The van der Waals surface area contributed by atoms with E-state index in [-0.39, 0.29) is 0 Å². The van der Waals surface area contributed by atoms with Gasteiger partial charge in [0, 0.05) is 29.9 Å². The van der Waals surface area contributed by atoms with E-state index < -0.39 is 0 Å². The molecular formula is C25H31N3S. The Morgan fingerprint density at radius 3 is 2.52 bits per heavy atom. The molecule has 0 spiro atoms. The monoisotopic (exact) mass is 405 g/mol. The molecule has 3 nitrogen and oxygen atoms in total. The SMILES string of the molecule is CC(C)(C)[C@H]1CCc2c(sc(N=Cc3ccc(N4CCCCC4)cc3)c2C#N)C1. The number of anilines is 1. The van der Waals surface area contributed by atoms with Crippen molar-refractivity contribution in [2.24, 2.45) is 16.3 Å². The number of nitrogens with zero attached hydrogens (tertiary/aromatic N) is 3. The van der Waals surface area contributed by atoms with Crippen LogP contribution in [0.1, 0.15) is 68.0 Å². The van der Waals surface area contributed by atoms with Gasteiger partial charge in [-0.15, -0.1) is 11.3 Å². The first-order chi connectivity index (χ1) is 14.0. The van der Waals surface area contributed by atoms with Gasteiger partial charge in [-0.25, -0.2) is 4.99 Å². The Bertz CT molecular complexity index is 919. The highest BCUT2D eigenvalue weighted by molar-refractivity contribution is 7.16.